The van der Waals surface area contributed by atoms with Crippen LogP contribution in [0.2, 0.25) is 0 Å². The van der Waals surface area contributed by atoms with Crippen molar-refractivity contribution in [2.45, 2.75) is 13.8 Å². The third-order valence-corrected chi connectivity index (χ3v) is 4.91. The van der Waals surface area contributed by atoms with Crippen LogP contribution in [0.25, 0.3) is 0 Å². The van der Waals surface area contributed by atoms with Crippen molar-refractivity contribution < 1.29 is 17.6 Å². The van der Waals surface area contributed by atoms with E-state index in [-0.39, 0.29) is 19.0 Å². The molecule has 0 bridgehead atoms. The molecule has 0 aromatic heterocycles. The fourth-order valence-electron chi connectivity index (χ4n) is 2.52. The third-order valence-electron chi connectivity index (χ3n) is 3.73. The summed E-state index contributed by atoms with van der Waals surface area (Å²) in [5.74, 6) is -0.802. The van der Waals surface area contributed by atoms with Crippen LogP contribution in [0, 0.1) is 19.7 Å². The van der Waals surface area contributed by atoms with Gasteiger partial charge in [-0.05, 0) is 49.7 Å². The molecule has 0 aliphatic heterocycles. The molecule has 5 nitrogen and oxygen atoms in total. The zero-order valence-corrected chi connectivity index (χ0v) is 15.2. The van der Waals surface area contributed by atoms with E-state index in [1.807, 2.05) is 26.0 Å². The first-order chi connectivity index (χ1) is 11.7. The van der Waals surface area contributed by atoms with Gasteiger partial charge in [-0.25, -0.2) is 12.8 Å². The maximum Gasteiger partial charge on any atom is 0.251 e. The monoisotopic (exact) mass is 364 g/mol. The highest BCUT2D eigenvalue weighted by Crippen LogP contribution is 2.23. The molecule has 0 saturated carbocycles. The molecule has 1 amide bonds. The summed E-state index contributed by atoms with van der Waals surface area (Å²) in [6.07, 6.45) is 1.13. The number of anilines is 1. The Morgan fingerprint density at radius 3 is 2.32 bits per heavy atom. The van der Waals surface area contributed by atoms with Gasteiger partial charge in [0.05, 0.1) is 18.5 Å². The second-order valence-corrected chi connectivity index (χ2v) is 7.79. The first-order valence-corrected chi connectivity index (χ1v) is 9.62. The van der Waals surface area contributed by atoms with E-state index in [9.17, 15) is 17.6 Å². The normalized spacial score (nSPS) is 11.2. The van der Waals surface area contributed by atoms with Crippen LogP contribution in [0.4, 0.5) is 10.1 Å². The van der Waals surface area contributed by atoms with E-state index in [0.717, 1.165) is 17.4 Å². The molecule has 7 heteroatoms. The van der Waals surface area contributed by atoms with Crippen molar-refractivity contribution in [2.24, 2.45) is 0 Å². The summed E-state index contributed by atoms with van der Waals surface area (Å²) in [5.41, 5.74) is 2.79. The maximum atomic E-state index is 12.9. The van der Waals surface area contributed by atoms with Gasteiger partial charge in [-0.1, -0.05) is 17.7 Å². The molecule has 0 spiro atoms. The SMILES string of the molecule is Cc1ccc(N(CCNC(=O)c2ccc(F)cc2)S(C)(=O)=O)c(C)c1. The first-order valence-electron chi connectivity index (χ1n) is 7.77. The Labute approximate surface area is 147 Å². The van der Waals surface area contributed by atoms with Crippen molar-refractivity contribution >= 4 is 21.6 Å². The van der Waals surface area contributed by atoms with Crippen LogP contribution >= 0.6 is 0 Å². The molecule has 1 N–H and O–H groups in total. The van der Waals surface area contributed by atoms with E-state index in [4.69, 9.17) is 0 Å². The zero-order valence-electron chi connectivity index (χ0n) is 14.4. The zero-order chi connectivity index (χ0) is 18.6. The molecule has 0 aliphatic carbocycles. The Morgan fingerprint density at radius 1 is 1.12 bits per heavy atom. The van der Waals surface area contributed by atoms with Gasteiger partial charge in [0.2, 0.25) is 10.0 Å². The molecule has 0 fully saturated rings. The highest BCUT2D eigenvalue weighted by atomic mass is 32.2. The van der Waals surface area contributed by atoms with Crippen molar-refractivity contribution in [1.29, 1.82) is 0 Å². The van der Waals surface area contributed by atoms with Gasteiger partial charge in [-0.2, -0.15) is 0 Å². The van der Waals surface area contributed by atoms with Crippen LogP contribution in [-0.2, 0) is 10.0 Å². The molecule has 2 aromatic rings. The van der Waals surface area contributed by atoms with Crippen molar-refractivity contribution in [3.05, 3.63) is 65.0 Å². The number of halogens is 1. The lowest BCUT2D eigenvalue weighted by Crippen LogP contribution is -2.38. The van der Waals surface area contributed by atoms with E-state index in [2.05, 4.69) is 5.32 Å². The number of benzene rings is 2. The largest absolute Gasteiger partial charge is 0.350 e. The Balaban J connectivity index is 2.08. The minimum atomic E-state index is -3.49. The van der Waals surface area contributed by atoms with Crippen LogP contribution in [0.1, 0.15) is 21.5 Å². The Kier molecular flexibility index (Phi) is 5.79. The molecule has 0 aliphatic rings. The molecule has 0 heterocycles. The summed E-state index contributed by atoms with van der Waals surface area (Å²) in [5, 5.41) is 2.65. The number of nitrogens with zero attached hydrogens (tertiary/aromatic N) is 1. The number of hydrogen-bond donors (Lipinski definition) is 1. The fourth-order valence-corrected chi connectivity index (χ4v) is 3.51. The van der Waals surface area contributed by atoms with Crippen molar-refractivity contribution in [1.82, 2.24) is 5.32 Å². The van der Waals surface area contributed by atoms with Gasteiger partial charge in [-0.15, -0.1) is 0 Å². The summed E-state index contributed by atoms with van der Waals surface area (Å²) >= 11 is 0. The summed E-state index contributed by atoms with van der Waals surface area (Å²) < 4.78 is 38.4. The molecule has 134 valence electrons. The molecule has 25 heavy (non-hydrogen) atoms. The van der Waals surface area contributed by atoms with Gasteiger partial charge in [-0.3, -0.25) is 9.10 Å². The predicted molar refractivity (Wildman–Crippen MR) is 96.8 cm³/mol. The number of nitrogens with one attached hydrogen (secondary N) is 1. The van der Waals surface area contributed by atoms with Crippen molar-refractivity contribution in [3.63, 3.8) is 0 Å². The molecule has 0 atom stereocenters. The lowest BCUT2D eigenvalue weighted by molar-refractivity contribution is 0.0955. The second kappa shape index (κ2) is 7.65. The summed E-state index contributed by atoms with van der Waals surface area (Å²) in [6, 6.07) is 10.7. The molecule has 2 aromatic carbocycles. The van der Waals surface area contributed by atoms with Crippen LogP contribution in [-0.4, -0.2) is 33.7 Å². The number of sulfonamides is 1. The smallest absolute Gasteiger partial charge is 0.251 e. The Bertz CT molecular complexity index is 864. The van der Waals surface area contributed by atoms with Crippen molar-refractivity contribution in [3.8, 4) is 0 Å². The van der Waals surface area contributed by atoms with Gasteiger partial charge in [0, 0.05) is 12.1 Å². The molecular formula is C18H21FN2O3S. The highest BCUT2D eigenvalue weighted by molar-refractivity contribution is 7.92. The lowest BCUT2D eigenvalue weighted by atomic mass is 10.1. The Morgan fingerprint density at radius 2 is 1.76 bits per heavy atom. The first kappa shape index (κ1) is 18.9. The molecule has 0 saturated heterocycles. The number of aryl methyl sites for hydroxylation is 2. The second-order valence-electron chi connectivity index (χ2n) is 5.89. The minimum absolute atomic E-state index is 0.107. The summed E-state index contributed by atoms with van der Waals surface area (Å²) in [4.78, 5) is 12.0. The average molecular weight is 364 g/mol. The predicted octanol–water partition coefficient (Wildman–Crippen LogP) is 2.64. The van der Waals surface area contributed by atoms with Crippen LogP contribution in [0.5, 0.6) is 0 Å². The molecule has 0 unspecified atom stereocenters. The van der Waals surface area contributed by atoms with Gasteiger partial charge < -0.3 is 5.32 Å². The summed E-state index contributed by atoms with van der Waals surface area (Å²) in [6.45, 7) is 4.02. The lowest BCUT2D eigenvalue weighted by Gasteiger charge is -2.24. The topological polar surface area (TPSA) is 66.5 Å². The van der Waals surface area contributed by atoms with E-state index in [1.165, 1.54) is 28.6 Å². The average Bonchev–Trinajstić information content (AvgIpc) is 2.52. The number of amides is 1. The number of carbonyl (C=O) groups excluding carboxylic acids is 1. The minimum Gasteiger partial charge on any atom is -0.350 e. The maximum absolute atomic E-state index is 12.9. The van der Waals surface area contributed by atoms with Crippen molar-refractivity contribution in [2.75, 3.05) is 23.7 Å². The van der Waals surface area contributed by atoms with Gasteiger partial charge >= 0.3 is 0 Å². The quantitative estimate of drug-likeness (QED) is 0.857. The van der Waals surface area contributed by atoms with E-state index in [1.54, 1.807) is 6.07 Å². The van der Waals surface area contributed by atoms with E-state index in [0.29, 0.717) is 11.3 Å². The number of rotatable bonds is 6. The number of carbonyl (C=O) groups is 1. The highest BCUT2D eigenvalue weighted by Gasteiger charge is 2.19. The van der Waals surface area contributed by atoms with Crippen LogP contribution in [0.15, 0.2) is 42.5 Å². The molecule has 2 rings (SSSR count). The van der Waals surface area contributed by atoms with Crippen LogP contribution in [0.3, 0.4) is 0 Å². The van der Waals surface area contributed by atoms with E-state index >= 15 is 0 Å². The van der Waals surface area contributed by atoms with Gasteiger partial charge in [0.25, 0.3) is 5.91 Å². The molecule has 0 radical (unpaired) electrons. The number of hydrogen-bond acceptors (Lipinski definition) is 3. The standard InChI is InChI=1S/C18H21FN2O3S/c1-13-4-9-17(14(2)12-13)21(25(3,23)24)11-10-20-18(22)15-5-7-16(19)8-6-15/h4-9,12H,10-11H2,1-3H3,(H,20,22). The van der Waals surface area contributed by atoms with Crippen LogP contribution < -0.4 is 9.62 Å². The Hall–Kier alpha value is -2.41. The van der Waals surface area contributed by atoms with Gasteiger partial charge in [0.1, 0.15) is 5.82 Å². The third kappa shape index (κ3) is 5.03. The fraction of sp³-hybridized carbons (Fsp3) is 0.278. The van der Waals surface area contributed by atoms with Gasteiger partial charge in [0.15, 0.2) is 0 Å². The van der Waals surface area contributed by atoms with E-state index < -0.39 is 15.8 Å². The molecular weight excluding hydrogens is 343 g/mol. The summed E-state index contributed by atoms with van der Waals surface area (Å²) in [7, 11) is -3.49.